The third kappa shape index (κ3) is 4.63. The third-order valence-corrected chi connectivity index (χ3v) is 2.44. The topological polar surface area (TPSA) is 57.6 Å². The van der Waals surface area contributed by atoms with Crippen LogP contribution < -0.4 is 0 Å². The smallest absolute Gasteiger partial charge is 0.303 e. The van der Waals surface area contributed by atoms with Crippen molar-refractivity contribution in [2.24, 2.45) is 0 Å². The summed E-state index contributed by atoms with van der Waals surface area (Å²) in [7, 11) is 0. The highest BCUT2D eigenvalue weighted by Gasteiger charge is 2.12. The number of aliphatic carboxylic acids is 1. The van der Waals surface area contributed by atoms with Gasteiger partial charge in [0, 0.05) is 25.9 Å². The van der Waals surface area contributed by atoms with Gasteiger partial charge in [0.1, 0.15) is 0 Å². The Balaban J connectivity index is 2.12. The Morgan fingerprint density at radius 1 is 1.20 bits per heavy atom. The van der Waals surface area contributed by atoms with Gasteiger partial charge in [-0.05, 0) is 19.3 Å². The first-order valence-corrected chi connectivity index (χ1v) is 5.34. The molecule has 1 aliphatic rings. The molecule has 1 amide bonds. The molecule has 0 atom stereocenters. The van der Waals surface area contributed by atoms with E-state index in [2.05, 4.69) is 6.08 Å². The summed E-state index contributed by atoms with van der Waals surface area (Å²) in [5, 5.41) is 8.42. The molecule has 15 heavy (non-hydrogen) atoms. The van der Waals surface area contributed by atoms with Crippen LogP contribution in [0.3, 0.4) is 0 Å². The highest BCUT2D eigenvalue weighted by molar-refractivity contribution is 5.76. The maximum atomic E-state index is 11.6. The summed E-state index contributed by atoms with van der Waals surface area (Å²) in [6.07, 6.45) is 6.90. The molecule has 0 saturated carbocycles. The van der Waals surface area contributed by atoms with E-state index in [-0.39, 0.29) is 12.3 Å². The molecular weight excluding hydrogens is 194 g/mol. The molecule has 1 N–H and O–H groups in total. The predicted octanol–water partition coefficient (Wildman–Crippen LogP) is 1.42. The van der Waals surface area contributed by atoms with E-state index in [1.807, 2.05) is 11.0 Å². The lowest BCUT2D eigenvalue weighted by atomic mass is 10.1. The Kier molecular flexibility index (Phi) is 4.87. The minimum atomic E-state index is -0.789. The van der Waals surface area contributed by atoms with E-state index in [0.717, 1.165) is 13.0 Å². The minimum absolute atomic E-state index is 0.143. The first-order valence-electron chi connectivity index (χ1n) is 5.34. The van der Waals surface area contributed by atoms with Gasteiger partial charge in [0.2, 0.25) is 5.91 Å². The fourth-order valence-electron chi connectivity index (χ4n) is 1.58. The summed E-state index contributed by atoms with van der Waals surface area (Å²) in [4.78, 5) is 23.6. The molecule has 84 valence electrons. The summed E-state index contributed by atoms with van der Waals surface area (Å²) in [6.45, 7) is 1.51. The first kappa shape index (κ1) is 11.8. The van der Waals surface area contributed by atoms with Crippen LogP contribution in [0.25, 0.3) is 0 Å². The van der Waals surface area contributed by atoms with Gasteiger partial charge < -0.3 is 10.0 Å². The molecule has 4 heteroatoms. The molecule has 0 aromatic rings. The number of hydrogen-bond donors (Lipinski definition) is 1. The van der Waals surface area contributed by atoms with Crippen molar-refractivity contribution in [1.29, 1.82) is 0 Å². The number of hydrogen-bond acceptors (Lipinski definition) is 2. The maximum Gasteiger partial charge on any atom is 0.303 e. The molecule has 4 nitrogen and oxygen atoms in total. The summed E-state index contributed by atoms with van der Waals surface area (Å²) in [5.74, 6) is -0.645. The number of carbonyl (C=O) groups excluding carboxylic acids is 1. The number of carbonyl (C=O) groups is 2. The van der Waals surface area contributed by atoms with Crippen molar-refractivity contribution >= 4 is 11.9 Å². The van der Waals surface area contributed by atoms with Crippen LogP contribution in [0.15, 0.2) is 12.2 Å². The Hall–Kier alpha value is -1.32. The van der Waals surface area contributed by atoms with Crippen molar-refractivity contribution in [3.63, 3.8) is 0 Å². The molecule has 1 aliphatic heterocycles. The molecule has 0 saturated heterocycles. The van der Waals surface area contributed by atoms with Crippen molar-refractivity contribution in [3.05, 3.63) is 12.2 Å². The SMILES string of the molecule is O=C(O)CCCCC(=O)N1CC=CCC1. The van der Waals surface area contributed by atoms with Crippen molar-refractivity contribution < 1.29 is 14.7 Å². The van der Waals surface area contributed by atoms with Gasteiger partial charge in [0.05, 0.1) is 0 Å². The molecule has 0 aromatic heterocycles. The zero-order valence-corrected chi connectivity index (χ0v) is 8.82. The van der Waals surface area contributed by atoms with Crippen LogP contribution >= 0.6 is 0 Å². The van der Waals surface area contributed by atoms with Crippen LogP contribution in [0.5, 0.6) is 0 Å². The van der Waals surface area contributed by atoms with Gasteiger partial charge >= 0.3 is 5.97 Å². The van der Waals surface area contributed by atoms with E-state index in [0.29, 0.717) is 25.8 Å². The van der Waals surface area contributed by atoms with Gasteiger partial charge in [-0.15, -0.1) is 0 Å². The van der Waals surface area contributed by atoms with E-state index in [1.54, 1.807) is 0 Å². The second-order valence-electron chi connectivity index (χ2n) is 3.70. The van der Waals surface area contributed by atoms with Gasteiger partial charge in [0.15, 0.2) is 0 Å². The van der Waals surface area contributed by atoms with Crippen LogP contribution in [0.1, 0.15) is 32.1 Å². The van der Waals surface area contributed by atoms with E-state index in [4.69, 9.17) is 5.11 Å². The number of rotatable bonds is 5. The van der Waals surface area contributed by atoms with E-state index in [9.17, 15) is 9.59 Å². The Morgan fingerprint density at radius 3 is 2.53 bits per heavy atom. The zero-order chi connectivity index (χ0) is 11.1. The largest absolute Gasteiger partial charge is 0.481 e. The van der Waals surface area contributed by atoms with Crippen molar-refractivity contribution in [2.45, 2.75) is 32.1 Å². The minimum Gasteiger partial charge on any atom is -0.481 e. The lowest BCUT2D eigenvalue weighted by Gasteiger charge is -2.23. The highest BCUT2D eigenvalue weighted by atomic mass is 16.4. The molecule has 0 bridgehead atoms. The second kappa shape index (κ2) is 6.22. The second-order valence-corrected chi connectivity index (χ2v) is 3.70. The van der Waals surface area contributed by atoms with E-state index in [1.165, 1.54) is 0 Å². The van der Waals surface area contributed by atoms with Gasteiger partial charge in [-0.25, -0.2) is 0 Å². The van der Waals surface area contributed by atoms with Gasteiger partial charge in [-0.1, -0.05) is 12.2 Å². The summed E-state index contributed by atoms with van der Waals surface area (Å²) in [5.41, 5.74) is 0. The molecule has 0 aromatic carbocycles. The van der Waals surface area contributed by atoms with Crippen molar-refractivity contribution in [1.82, 2.24) is 4.90 Å². The fraction of sp³-hybridized carbons (Fsp3) is 0.636. The van der Waals surface area contributed by atoms with E-state index < -0.39 is 5.97 Å². The van der Waals surface area contributed by atoms with Crippen LogP contribution in [0, 0.1) is 0 Å². The molecule has 0 radical (unpaired) electrons. The van der Waals surface area contributed by atoms with Gasteiger partial charge in [-0.2, -0.15) is 0 Å². The number of nitrogens with zero attached hydrogens (tertiary/aromatic N) is 1. The monoisotopic (exact) mass is 211 g/mol. The Labute approximate surface area is 89.6 Å². The summed E-state index contributed by atoms with van der Waals surface area (Å²) < 4.78 is 0. The van der Waals surface area contributed by atoms with E-state index >= 15 is 0 Å². The summed E-state index contributed by atoms with van der Waals surface area (Å²) >= 11 is 0. The average molecular weight is 211 g/mol. The molecular formula is C11H17NO3. The maximum absolute atomic E-state index is 11.6. The van der Waals surface area contributed by atoms with Gasteiger partial charge in [0.25, 0.3) is 0 Å². The third-order valence-electron chi connectivity index (χ3n) is 2.44. The Bertz CT molecular complexity index is 261. The van der Waals surface area contributed by atoms with Crippen molar-refractivity contribution in [2.75, 3.05) is 13.1 Å². The molecule has 1 heterocycles. The quantitative estimate of drug-likeness (QED) is 0.552. The molecule has 0 unspecified atom stereocenters. The standard InChI is InChI=1S/C11H17NO3/c13-10(6-2-3-7-11(14)15)12-8-4-1-5-9-12/h1,4H,2-3,5-9H2,(H,14,15). The lowest BCUT2D eigenvalue weighted by molar-refractivity contribution is -0.137. The Morgan fingerprint density at radius 2 is 1.93 bits per heavy atom. The first-order chi connectivity index (χ1) is 7.20. The number of carboxylic acids is 1. The molecule has 0 fully saturated rings. The predicted molar refractivity (Wildman–Crippen MR) is 56.4 cm³/mol. The number of unbranched alkanes of at least 4 members (excludes halogenated alkanes) is 1. The van der Waals surface area contributed by atoms with Crippen LogP contribution in [-0.4, -0.2) is 35.0 Å². The normalized spacial score (nSPS) is 15.3. The zero-order valence-electron chi connectivity index (χ0n) is 8.82. The molecule has 1 rings (SSSR count). The van der Waals surface area contributed by atoms with Crippen molar-refractivity contribution in [3.8, 4) is 0 Å². The molecule has 0 spiro atoms. The average Bonchev–Trinajstić information content (AvgIpc) is 2.25. The van der Waals surface area contributed by atoms with Crippen LogP contribution in [0.4, 0.5) is 0 Å². The highest BCUT2D eigenvalue weighted by Crippen LogP contribution is 2.07. The number of amides is 1. The fourth-order valence-corrected chi connectivity index (χ4v) is 1.58. The molecule has 0 aliphatic carbocycles. The van der Waals surface area contributed by atoms with Crippen LogP contribution in [-0.2, 0) is 9.59 Å². The van der Waals surface area contributed by atoms with Crippen LogP contribution in [0.2, 0.25) is 0 Å². The van der Waals surface area contributed by atoms with Gasteiger partial charge in [-0.3, -0.25) is 9.59 Å². The lowest BCUT2D eigenvalue weighted by Crippen LogP contribution is -2.33. The number of carboxylic acid groups (broad SMARTS) is 1. The summed E-state index contributed by atoms with van der Waals surface area (Å²) in [6, 6.07) is 0.